The van der Waals surface area contributed by atoms with Gasteiger partial charge in [0.1, 0.15) is 0 Å². The Labute approximate surface area is 90.6 Å². The van der Waals surface area contributed by atoms with E-state index in [-0.39, 0.29) is 0 Å². The minimum Gasteiger partial charge on any atom is -0.493 e. The zero-order chi connectivity index (χ0) is 11.1. The van der Waals surface area contributed by atoms with E-state index in [0.717, 1.165) is 24.7 Å². The average molecular weight is 210 g/mol. The van der Waals surface area contributed by atoms with Crippen LogP contribution in [-0.2, 0) is 6.54 Å². The molecule has 1 rings (SSSR count). The van der Waals surface area contributed by atoms with Gasteiger partial charge in [-0.1, -0.05) is 6.07 Å². The lowest BCUT2D eigenvalue weighted by Crippen LogP contribution is -2.25. The van der Waals surface area contributed by atoms with E-state index in [1.807, 2.05) is 25.2 Å². The highest BCUT2D eigenvalue weighted by Gasteiger charge is 2.03. The van der Waals surface area contributed by atoms with E-state index in [4.69, 9.17) is 9.47 Å². The summed E-state index contributed by atoms with van der Waals surface area (Å²) in [6.07, 6.45) is 0. The van der Waals surface area contributed by atoms with Crippen molar-refractivity contribution >= 4 is 0 Å². The van der Waals surface area contributed by atoms with Gasteiger partial charge in [0, 0.05) is 13.2 Å². The molecular formula is C11H18N2O2. The van der Waals surface area contributed by atoms with Gasteiger partial charge in [0.05, 0.1) is 14.2 Å². The zero-order valence-corrected chi connectivity index (χ0v) is 9.46. The maximum atomic E-state index is 5.21. The monoisotopic (exact) mass is 210 g/mol. The van der Waals surface area contributed by atoms with Crippen LogP contribution in [0.25, 0.3) is 0 Å². The Morgan fingerprint density at radius 3 is 2.47 bits per heavy atom. The first kappa shape index (κ1) is 11.8. The normalized spacial score (nSPS) is 10.1. The fraction of sp³-hybridized carbons (Fsp3) is 0.455. The Kier molecular flexibility index (Phi) is 4.93. The highest BCUT2D eigenvalue weighted by atomic mass is 16.5. The van der Waals surface area contributed by atoms with Gasteiger partial charge in [-0.3, -0.25) is 0 Å². The molecule has 2 N–H and O–H groups in total. The summed E-state index contributed by atoms with van der Waals surface area (Å²) in [7, 11) is 5.18. The van der Waals surface area contributed by atoms with E-state index in [0.29, 0.717) is 0 Å². The molecule has 0 saturated heterocycles. The summed E-state index contributed by atoms with van der Waals surface area (Å²) < 4.78 is 10.4. The molecule has 0 amide bonds. The average Bonchev–Trinajstić information content (AvgIpc) is 2.29. The molecule has 0 aliphatic carbocycles. The fourth-order valence-corrected chi connectivity index (χ4v) is 1.32. The van der Waals surface area contributed by atoms with Crippen LogP contribution in [0, 0.1) is 0 Å². The van der Waals surface area contributed by atoms with Gasteiger partial charge in [0.2, 0.25) is 0 Å². The van der Waals surface area contributed by atoms with Crippen molar-refractivity contribution in [1.29, 1.82) is 0 Å². The number of methoxy groups -OCH3 is 2. The minimum atomic E-state index is 0.759. The van der Waals surface area contributed by atoms with Crippen molar-refractivity contribution in [3.63, 3.8) is 0 Å². The minimum absolute atomic E-state index is 0.759. The summed E-state index contributed by atoms with van der Waals surface area (Å²) in [6, 6.07) is 5.90. The first-order valence-electron chi connectivity index (χ1n) is 4.88. The summed E-state index contributed by atoms with van der Waals surface area (Å²) in [4.78, 5) is 0. The number of hydrogen-bond acceptors (Lipinski definition) is 4. The van der Waals surface area contributed by atoms with Crippen LogP contribution in [0.2, 0.25) is 0 Å². The molecule has 1 aromatic carbocycles. The lowest BCUT2D eigenvalue weighted by molar-refractivity contribution is 0.354. The quantitative estimate of drug-likeness (QED) is 0.542. The Morgan fingerprint density at radius 2 is 1.87 bits per heavy atom. The smallest absolute Gasteiger partial charge is 0.161 e. The first-order chi connectivity index (χ1) is 7.31. The van der Waals surface area contributed by atoms with Crippen molar-refractivity contribution in [3.05, 3.63) is 23.8 Å². The van der Waals surface area contributed by atoms with E-state index in [9.17, 15) is 0 Å². The lowest BCUT2D eigenvalue weighted by atomic mass is 10.2. The van der Waals surface area contributed by atoms with Crippen LogP contribution in [0.4, 0.5) is 0 Å². The first-order valence-corrected chi connectivity index (χ1v) is 4.88. The molecule has 0 aliphatic rings. The van der Waals surface area contributed by atoms with Crippen molar-refractivity contribution in [2.75, 3.05) is 27.9 Å². The van der Waals surface area contributed by atoms with E-state index in [1.165, 1.54) is 5.56 Å². The van der Waals surface area contributed by atoms with Crippen molar-refractivity contribution in [1.82, 2.24) is 10.6 Å². The molecule has 15 heavy (non-hydrogen) atoms. The largest absolute Gasteiger partial charge is 0.493 e. The number of ether oxygens (including phenoxy) is 2. The van der Waals surface area contributed by atoms with Crippen LogP contribution in [0.3, 0.4) is 0 Å². The third kappa shape index (κ3) is 3.42. The maximum absolute atomic E-state index is 5.21. The zero-order valence-electron chi connectivity index (χ0n) is 9.46. The van der Waals surface area contributed by atoms with Gasteiger partial charge in [-0.05, 0) is 24.7 Å². The van der Waals surface area contributed by atoms with Gasteiger partial charge < -0.3 is 20.1 Å². The molecule has 0 bridgehead atoms. The Bertz CT molecular complexity index is 303. The second kappa shape index (κ2) is 6.27. The molecule has 0 atom stereocenters. The molecule has 0 spiro atoms. The lowest BCUT2D eigenvalue weighted by Gasteiger charge is -2.10. The highest BCUT2D eigenvalue weighted by molar-refractivity contribution is 5.42. The SMILES string of the molecule is CNCNCc1ccc(OC)c(OC)c1. The van der Waals surface area contributed by atoms with Crippen LogP contribution >= 0.6 is 0 Å². The van der Waals surface area contributed by atoms with Gasteiger partial charge >= 0.3 is 0 Å². The number of nitrogens with one attached hydrogen (secondary N) is 2. The van der Waals surface area contributed by atoms with E-state index in [2.05, 4.69) is 10.6 Å². The standard InChI is InChI=1S/C11H18N2O2/c1-12-8-13-7-9-4-5-10(14-2)11(6-9)15-3/h4-6,12-13H,7-8H2,1-3H3. The van der Waals surface area contributed by atoms with E-state index < -0.39 is 0 Å². The topological polar surface area (TPSA) is 42.5 Å². The van der Waals surface area contributed by atoms with E-state index in [1.54, 1.807) is 14.2 Å². The van der Waals surface area contributed by atoms with Gasteiger partial charge in [-0.15, -0.1) is 0 Å². The Hall–Kier alpha value is -1.26. The third-order valence-electron chi connectivity index (χ3n) is 2.08. The van der Waals surface area contributed by atoms with Crippen LogP contribution in [0.5, 0.6) is 11.5 Å². The maximum Gasteiger partial charge on any atom is 0.161 e. The molecule has 4 heteroatoms. The molecule has 0 radical (unpaired) electrons. The predicted octanol–water partition coefficient (Wildman–Crippen LogP) is 0.970. The predicted molar refractivity (Wildman–Crippen MR) is 60.3 cm³/mol. The molecule has 0 heterocycles. The van der Waals surface area contributed by atoms with Gasteiger partial charge in [0.15, 0.2) is 11.5 Å². The molecule has 4 nitrogen and oxygen atoms in total. The van der Waals surface area contributed by atoms with Crippen molar-refractivity contribution in [2.45, 2.75) is 6.54 Å². The number of hydrogen-bond donors (Lipinski definition) is 2. The van der Waals surface area contributed by atoms with E-state index >= 15 is 0 Å². The molecular weight excluding hydrogens is 192 g/mol. The number of rotatable bonds is 6. The van der Waals surface area contributed by atoms with Crippen molar-refractivity contribution < 1.29 is 9.47 Å². The second-order valence-electron chi connectivity index (χ2n) is 3.15. The Morgan fingerprint density at radius 1 is 1.13 bits per heavy atom. The molecule has 0 fully saturated rings. The van der Waals surface area contributed by atoms with Crippen LogP contribution < -0.4 is 20.1 Å². The van der Waals surface area contributed by atoms with Gasteiger partial charge in [-0.25, -0.2) is 0 Å². The van der Waals surface area contributed by atoms with Crippen molar-refractivity contribution in [3.8, 4) is 11.5 Å². The molecule has 84 valence electrons. The molecule has 1 aromatic rings. The summed E-state index contributed by atoms with van der Waals surface area (Å²) in [5.74, 6) is 1.52. The summed E-state index contributed by atoms with van der Waals surface area (Å²) >= 11 is 0. The third-order valence-corrected chi connectivity index (χ3v) is 2.08. The molecule has 0 unspecified atom stereocenters. The van der Waals surface area contributed by atoms with Crippen LogP contribution in [-0.4, -0.2) is 27.9 Å². The molecule has 0 aromatic heterocycles. The summed E-state index contributed by atoms with van der Waals surface area (Å²) in [6.45, 7) is 1.59. The summed E-state index contributed by atoms with van der Waals surface area (Å²) in [5.41, 5.74) is 1.17. The van der Waals surface area contributed by atoms with Crippen LogP contribution in [0.15, 0.2) is 18.2 Å². The van der Waals surface area contributed by atoms with Gasteiger partial charge in [-0.2, -0.15) is 0 Å². The second-order valence-corrected chi connectivity index (χ2v) is 3.15. The molecule has 0 aliphatic heterocycles. The van der Waals surface area contributed by atoms with Gasteiger partial charge in [0.25, 0.3) is 0 Å². The van der Waals surface area contributed by atoms with Crippen molar-refractivity contribution in [2.24, 2.45) is 0 Å². The number of benzene rings is 1. The van der Waals surface area contributed by atoms with Crippen LogP contribution in [0.1, 0.15) is 5.56 Å². The fourth-order valence-electron chi connectivity index (χ4n) is 1.32. The molecule has 0 saturated carbocycles. The Balaban J connectivity index is 2.66. The highest BCUT2D eigenvalue weighted by Crippen LogP contribution is 2.27. The summed E-state index contributed by atoms with van der Waals surface area (Å²) in [5, 5.41) is 6.25.